The van der Waals surface area contributed by atoms with Crippen molar-refractivity contribution in [3.8, 4) is 0 Å². The molecule has 11 nitrogen and oxygen atoms in total. The topological polar surface area (TPSA) is 152 Å². The van der Waals surface area contributed by atoms with Crippen molar-refractivity contribution in [2.24, 2.45) is 5.73 Å². The highest BCUT2D eigenvalue weighted by atomic mass is 16.6. The molecule has 1 aromatic rings. The molecule has 3 heterocycles. The number of ether oxygens (including phenoxy) is 1. The second-order valence-electron chi connectivity index (χ2n) is 7.93. The van der Waals surface area contributed by atoms with E-state index in [0.717, 1.165) is 6.42 Å². The monoisotopic (exact) mass is 430 g/mol. The van der Waals surface area contributed by atoms with Crippen LogP contribution in [0.1, 0.15) is 12.0 Å². The molecule has 3 fully saturated rings. The lowest BCUT2D eigenvalue weighted by molar-refractivity contribution is -0.143. The Labute approximate surface area is 179 Å². The molecule has 0 saturated carbocycles. The molecule has 3 aliphatic rings. The molecule has 0 aromatic heterocycles. The molecule has 3 unspecified atom stereocenters. The average molecular weight is 430 g/mol. The first-order chi connectivity index (χ1) is 14.8. The van der Waals surface area contributed by atoms with Gasteiger partial charge < -0.3 is 25.8 Å². The fourth-order valence-electron chi connectivity index (χ4n) is 4.44. The van der Waals surface area contributed by atoms with Crippen LogP contribution < -0.4 is 16.0 Å². The van der Waals surface area contributed by atoms with Gasteiger partial charge in [-0.15, -0.1) is 0 Å². The molecular formula is C20H26N6O5. The first-order valence-electron chi connectivity index (χ1n) is 10.3. The number of carboxylic acids is 1. The Balaban J connectivity index is 1.34. The number of nitrogen functional groups attached to an aromatic ring is 1. The molecule has 4 rings (SSSR count). The lowest BCUT2D eigenvalue weighted by Gasteiger charge is -2.39. The maximum absolute atomic E-state index is 12.9. The summed E-state index contributed by atoms with van der Waals surface area (Å²) in [6.45, 7) is 2.87. The third-order valence-corrected chi connectivity index (χ3v) is 6.13. The molecule has 3 saturated heterocycles. The molecule has 3 aliphatic heterocycles. The van der Waals surface area contributed by atoms with Crippen LogP contribution in [0.3, 0.4) is 0 Å². The van der Waals surface area contributed by atoms with Crippen molar-refractivity contribution < 1.29 is 24.2 Å². The van der Waals surface area contributed by atoms with Crippen LogP contribution in [-0.2, 0) is 14.3 Å². The number of rotatable bonds is 5. The number of nitrogens with zero attached hydrogens (tertiary/aromatic N) is 3. The number of aliphatic carboxylic acids is 1. The maximum Gasteiger partial charge on any atom is 0.415 e. The Kier molecular flexibility index (Phi) is 5.79. The Hall–Kier alpha value is -3.18. The number of carbonyl (C=O) groups is 3. The van der Waals surface area contributed by atoms with Gasteiger partial charge in [-0.05, 0) is 37.2 Å². The van der Waals surface area contributed by atoms with Crippen molar-refractivity contribution in [1.82, 2.24) is 15.1 Å². The van der Waals surface area contributed by atoms with Crippen LogP contribution in [0.15, 0.2) is 24.3 Å². The SMILES string of the molecule is N=C(N)c1ccc(N2CC(C(=O)N3CCN(C4CCNC4C(=O)O)CC3)OC2=O)cc1. The fraction of sp³-hybridized carbons (Fsp3) is 0.500. The summed E-state index contributed by atoms with van der Waals surface area (Å²) < 4.78 is 5.32. The number of amides is 2. The lowest BCUT2D eigenvalue weighted by atomic mass is 10.1. The number of hydrogen-bond acceptors (Lipinski definition) is 7. The van der Waals surface area contributed by atoms with Gasteiger partial charge in [0, 0.05) is 43.5 Å². The van der Waals surface area contributed by atoms with Crippen LogP contribution in [-0.4, -0.2) is 96.2 Å². The summed E-state index contributed by atoms with van der Waals surface area (Å²) in [5, 5.41) is 19.8. The first-order valence-corrected chi connectivity index (χ1v) is 10.3. The van der Waals surface area contributed by atoms with Gasteiger partial charge in [-0.3, -0.25) is 24.8 Å². The normalized spacial score (nSPS) is 26.7. The number of amidine groups is 1. The molecule has 2 amide bonds. The summed E-state index contributed by atoms with van der Waals surface area (Å²) >= 11 is 0. The first kappa shape index (κ1) is 21.1. The van der Waals surface area contributed by atoms with E-state index in [9.17, 15) is 19.5 Å². The van der Waals surface area contributed by atoms with E-state index in [1.54, 1.807) is 29.2 Å². The van der Waals surface area contributed by atoms with Crippen molar-refractivity contribution >= 4 is 29.5 Å². The summed E-state index contributed by atoms with van der Waals surface area (Å²) in [6.07, 6.45) is -0.706. The highest BCUT2D eigenvalue weighted by Gasteiger charge is 2.42. The Morgan fingerprint density at radius 3 is 2.45 bits per heavy atom. The number of piperazine rings is 1. The second-order valence-corrected chi connectivity index (χ2v) is 7.93. The van der Waals surface area contributed by atoms with Crippen molar-refractivity contribution in [1.29, 1.82) is 5.41 Å². The highest BCUT2D eigenvalue weighted by Crippen LogP contribution is 2.24. The summed E-state index contributed by atoms with van der Waals surface area (Å²) in [5.41, 5.74) is 6.57. The van der Waals surface area contributed by atoms with Crippen LogP contribution >= 0.6 is 0 Å². The Bertz CT molecular complexity index is 883. The van der Waals surface area contributed by atoms with E-state index in [0.29, 0.717) is 44.0 Å². The van der Waals surface area contributed by atoms with Crippen LogP contribution in [0, 0.1) is 5.41 Å². The minimum atomic E-state index is -0.883. The van der Waals surface area contributed by atoms with E-state index in [1.165, 1.54) is 4.90 Å². The van der Waals surface area contributed by atoms with E-state index in [1.807, 2.05) is 0 Å². The van der Waals surface area contributed by atoms with Crippen molar-refractivity contribution in [2.75, 3.05) is 44.2 Å². The van der Waals surface area contributed by atoms with Crippen LogP contribution in [0.4, 0.5) is 10.5 Å². The number of anilines is 1. The number of carbonyl (C=O) groups excluding carboxylic acids is 2. The summed E-state index contributed by atoms with van der Waals surface area (Å²) in [4.78, 5) is 41.8. The van der Waals surface area contributed by atoms with Gasteiger partial charge in [-0.1, -0.05) is 0 Å². The molecule has 5 N–H and O–H groups in total. The third kappa shape index (κ3) is 4.19. The quantitative estimate of drug-likeness (QED) is 0.352. The molecule has 0 spiro atoms. The summed E-state index contributed by atoms with van der Waals surface area (Å²) in [7, 11) is 0. The van der Waals surface area contributed by atoms with E-state index < -0.39 is 24.2 Å². The highest BCUT2D eigenvalue weighted by molar-refractivity contribution is 5.97. The minimum absolute atomic E-state index is 0.0641. The van der Waals surface area contributed by atoms with Crippen LogP contribution in [0.5, 0.6) is 0 Å². The van der Waals surface area contributed by atoms with Gasteiger partial charge in [0.15, 0.2) is 6.10 Å². The zero-order chi connectivity index (χ0) is 22.1. The van der Waals surface area contributed by atoms with Gasteiger partial charge in [-0.25, -0.2) is 4.79 Å². The van der Waals surface area contributed by atoms with Crippen molar-refractivity contribution in [3.05, 3.63) is 29.8 Å². The molecule has 31 heavy (non-hydrogen) atoms. The molecular weight excluding hydrogens is 404 g/mol. The van der Waals surface area contributed by atoms with Gasteiger partial charge >= 0.3 is 12.1 Å². The number of carboxylic acid groups (broad SMARTS) is 1. The lowest BCUT2D eigenvalue weighted by Crippen LogP contribution is -2.57. The third-order valence-electron chi connectivity index (χ3n) is 6.13. The van der Waals surface area contributed by atoms with Crippen LogP contribution in [0.25, 0.3) is 0 Å². The Morgan fingerprint density at radius 1 is 1.16 bits per heavy atom. The maximum atomic E-state index is 12.9. The number of cyclic esters (lactones) is 1. The van der Waals surface area contributed by atoms with Crippen LogP contribution in [0.2, 0.25) is 0 Å². The largest absolute Gasteiger partial charge is 0.480 e. The molecule has 1 aromatic carbocycles. The minimum Gasteiger partial charge on any atom is -0.480 e. The summed E-state index contributed by atoms with van der Waals surface area (Å²) in [6, 6.07) is 5.95. The van der Waals surface area contributed by atoms with E-state index in [2.05, 4.69) is 10.2 Å². The molecule has 3 atom stereocenters. The standard InChI is InChI=1S/C20H26N6O5/c21-17(22)12-1-3-13(4-2-12)26-11-15(31-20(26)30)18(27)25-9-7-24(8-10-25)14-5-6-23-16(14)19(28)29/h1-4,14-16,23H,5-11H2,(H3,21,22)(H,28,29). The molecule has 0 bridgehead atoms. The predicted molar refractivity (Wildman–Crippen MR) is 111 cm³/mol. The van der Waals surface area contributed by atoms with E-state index in [-0.39, 0.29) is 24.3 Å². The van der Waals surface area contributed by atoms with Gasteiger partial charge in [0.2, 0.25) is 0 Å². The average Bonchev–Trinajstić information content (AvgIpc) is 3.40. The van der Waals surface area contributed by atoms with E-state index in [4.69, 9.17) is 15.9 Å². The number of benzene rings is 1. The molecule has 0 radical (unpaired) electrons. The Morgan fingerprint density at radius 2 is 1.84 bits per heavy atom. The molecule has 0 aliphatic carbocycles. The summed E-state index contributed by atoms with van der Waals surface area (Å²) in [5.74, 6) is -1.16. The van der Waals surface area contributed by atoms with Gasteiger partial charge in [0.1, 0.15) is 11.9 Å². The number of nitrogens with two attached hydrogens (primary N) is 1. The van der Waals surface area contributed by atoms with Crippen molar-refractivity contribution in [2.45, 2.75) is 24.6 Å². The van der Waals surface area contributed by atoms with E-state index >= 15 is 0 Å². The van der Waals surface area contributed by atoms with Crippen molar-refractivity contribution in [3.63, 3.8) is 0 Å². The molecule has 11 heteroatoms. The van der Waals surface area contributed by atoms with Gasteiger partial charge in [0.25, 0.3) is 5.91 Å². The van der Waals surface area contributed by atoms with Gasteiger partial charge in [0.05, 0.1) is 6.54 Å². The number of nitrogens with one attached hydrogen (secondary N) is 2. The number of hydrogen-bond donors (Lipinski definition) is 4. The fourth-order valence-corrected chi connectivity index (χ4v) is 4.44. The molecule has 166 valence electrons. The van der Waals surface area contributed by atoms with Gasteiger partial charge in [-0.2, -0.15) is 0 Å². The zero-order valence-electron chi connectivity index (χ0n) is 17.0. The zero-order valence-corrected chi connectivity index (χ0v) is 17.0. The smallest absolute Gasteiger partial charge is 0.415 e. The predicted octanol–water partition coefficient (Wildman–Crippen LogP) is -0.745. The second kappa shape index (κ2) is 8.52.